The van der Waals surface area contributed by atoms with Crippen molar-refractivity contribution in [1.29, 1.82) is 0 Å². The molecule has 0 bridgehead atoms. The number of aromatic nitrogens is 1. The first-order chi connectivity index (χ1) is 18.9. The predicted molar refractivity (Wildman–Crippen MR) is 162 cm³/mol. The smallest absolute Gasteiger partial charge is 0.242 e. The molecule has 1 saturated carbocycles. The van der Waals surface area contributed by atoms with E-state index in [9.17, 15) is 9.59 Å². The highest BCUT2D eigenvalue weighted by molar-refractivity contribution is 6.31. The summed E-state index contributed by atoms with van der Waals surface area (Å²) >= 11 is 6.45. The largest absolute Gasteiger partial charge is 0.345 e. The molecule has 0 radical (unpaired) electrons. The van der Waals surface area contributed by atoms with Crippen molar-refractivity contribution in [3.63, 3.8) is 0 Å². The Hall–Kier alpha value is -2.27. The Balaban J connectivity index is 1.70. The average Bonchev–Trinajstić information content (AvgIpc) is 3.36. The number of halogens is 1. The lowest BCUT2D eigenvalue weighted by atomic mass is 9.94. The zero-order valence-electron chi connectivity index (χ0n) is 24.5. The Labute approximate surface area is 241 Å². The van der Waals surface area contributed by atoms with E-state index in [1.54, 1.807) is 0 Å². The topological polar surface area (TPSA) is 45.6 Å². The molecule has 2 amide bonds. The molecule has 3 rings (SSSR count). The fourth-order valence-corrected chi connectivity index (χ4v) is 5.91. The summed E-state index contributed by atoms with van der Waals surface area (Å²) in [5.41, 5.74) is 2.17. The van der Waals surface area contributed by atoms with E-state index in [0.29, 0.717) is 32.0 Å². The third-order valence-electron chi connectivity index (χ3n) is 7.90. The van der Waals surface area contributed by atoms with Gasteiger partial charge in [0.15, 0.2) is 0 Å². The molecule has 0 N–H and O–H groups in total. The van der Waals surface area contributed by atoms with Gasteiger partial charge in [-0.25, -0.2) is 0 Å². The predicted octanol–water partition coefficient (Wildman–Crippen LogP) is 8.09. The van der Waals surface area contributed by atoms with E-state index in [4.69, 9.17) is 11.6 Å². The minimum atomic E-state index is 0.0735. The molecule has 0 unspecified atom stereocenters. The summed E-state index contributed by atoms with van der Waals surface area (Å²) in [5.74, 6) is 0.518. The van der Waals surface area contributed by atoms with E-state index in [0.717, 1.165) is 54.8 Å². The Morgan fingerprint density at radius 3 is 2.38 bits per heavy atom. The van der Waals surface area contributed by atoms with Gasteiger partial charge in [0.1, 0.15) is 0 Å². The second-order valence-electron chi connectivity index (χ2n) is 11.7. The Kier molecular flexibility index (Phi) is 13.4. The molecule has 2 aromatic rings. The third kappa shape index (κ3) is 10.3. The summed E-state index contributed by atoms with van der Waals surface area (Å²) in [4.78, 5) is 31.1. The summed E-state index contributed by atoms with van der Waals surface area (Å²) in [5, 5.41) is 0.755. The summed E-state index contributed by atoms with van der Waals surface area (Å²) in [6.07, 6.45) is 15.1. The van der Waals surface area contributed by atoms with E-state index in [1.807, 2.05) is 29.2 Å². The Morgan fingerprint density at radius 1 is 0.949 bits per heavy atom. The van der Waals surface area contributed by atoms with Gasteiger partial charge in [-0.1, -0.05) is 102 Å². The number of hydrogen-bond donors (Lipinski definition) is 0. The fraction of sp³-hybridized carbons (Fsp3) is 0.636. The molecule has 0 atom stereocenters. The van der Waals surface area contributed by atoms with Crippen molar-refractivity contribution in [2.24, 2.45) is 5.92 Å². The highest BCUT2D eigenvalue weighted by Gasteiger charge is 2.29. The van der Waals surface area contributed by atoms with Crippen molar-refractivity contribution in [2.45, 2.75) is 117 Å². The van der Waals surface area contributed by atoms with Gasteiger partial charge in [-0.05, 0) is 48.9 Å². The van der Waals surface area contributed by atoms with Gasteiger partial charge >= 0.3 is 0 Å². The molecule has 1 aliphatic rings. The maximum absolute atomic E-state index is 13.9. The average molecular weight is 556 g/mol. The highest BCUT2D eigenvalue weighted by atomic mass is 35.5. The molecule has 5 nitrogen and oxygen atoms in total. The number of carbonyl (C=O) groups is 2. The lowest BCUT2D eigenvalue weighted by Gasteiger charge is -2.36. The Morgan fingerprint density at radius 2 is 1.67 bits per heavy atom. The number of carbonyl (C=O) groups excluding carboxylic acids is 2. The standard InChI is InChI=1S/C33H50ClN3O2/c1-4-5-6-7-8-12-21-32(38)36(23-27(2)3)26-33(39)37(29-17-10-9-11-18-29)25-30-19-15-22-35(30)24-28-16-13-14-20-31(28)34/h13-16,19-20,22,27,29H,4-12,17-18,21,23-26H2,1-3H3. The Bertz CT molecular complexity index is 1010. The molecule has 0 saturated heterocycles. The molecule has 216 valence electrons. The lowest BCUT2D eigenvalue weighted by Crippen LogP contribution is -2.48. The van der Waals surface area contributed by atoms with Gasteiger partial charge in [-0.3, -0.25) is 9.59 Å². The van der Waals surface area contributed by atoms with Gasteiger partial charge in [-0.2, -0.15) is 0 Å². The first kappa shape index (κ1) is 31.3. The second kappa shape index (κ2) is 16.7. The normalized spacial score (nSPS) is 14.1. The second-order valence-corrected chi connectivity index (χ2v) is 12.1. The van der Waals surface area contributed by atoms with Crippen LogP contribution in [0.25, 0.3) is 0 Å². The zero-order valence-corrected chi connectivity index (χ0v) is 25.3. The van der Waals surface area contributed by atoms with Gasteiger partial charge < -0.3 is 14.4 Å². The van der Waals surface area contributed by atoms with Crippen LogP contribution in [0.3, 0.4) is 0 Å². The maximum atomic E-state index is 13.9. The van der Waals surface area contributed by atoms with Crippen molar-refractivity contribution in [2.75, 3.05) is 13.1 Å². The van der Waals surface area contributed by atoms with Crippen molar-refractivity contribution in [3.05, 3.63) is 58.9 Å². The summed E-state index contributed by atoms with van der Waals surface area (Å²) in [6, 6.07) is 12.3. The maximum Gasteiger partial charge on any atom is 0.242 e. The van der Waals surface area contributed by atoms with Crippen LogP contribution in [0, 0.1) is 5.92 Å². The minimum absolute atomic E-state index is 0.0735. The van der Waals surface area contributed by atoms with E-state index >= 15 is 0 Å². The number of benzene rings is 1. The third-order valence-corrected chi connectivity index (χ3v) is 8.27. The molecule has 1 aromatic carbocycles. The van der Waals surface area contributed by atoms with Crippen LogP contribution >= 0.6 is 11.6 Å². The lowest BCUT2D eigenvalue weighted by molar-refractivity contribution is -0.143. The highest BCUT2D eigenvalue weighted by Crippen LogP contribution is 2.26. The first-order valence-electron chi connectivity index (χ1n) is 15.3. The molecule has 1 aliphatic carbocycles. The van der Waals surface area contributed by atoms with Gasteiger partial charge in [0.05, 0.1) is 13.1 Å². The van der Waals surface area contributed by atoms with Crippen molar-refractivity contribution < 1.29 is 9.59 Å². The first-order valence-corrected chi connectivity index (χ1v) is 15.7. The van der Waals surface area contributed by atoms with Crippen molar-refractivity contribution in [3.8, 4) is 0 Å². The quantitative estimate of drug-likeness (QED) is 0.196. The number of rotatable bonds is 16. The molecular weight excluding hydrogens is 506 g/mol. The summed E-state index contributed by atoms with van der Waals surface area (Å²) < 4.78 is 2.19. The van der Waals surface area contributed by atoms with Crippen molar-refractivity contribution >= 4 is 23.4 Å². The number of nitrogens with zero attached hydrogens (tertiary/aromatic N) is 3. The molecule has 1 fully saturated rings. The molecule has 1 aromatic heterocycles. The van der Waals surface area contributed by atoms with Gasteiger partial charge in [0.25, 0.3) is 0 Å². The van der Waals surface area contributed by atoms with Crippen LogP contribution < -0.4 is 0 Å². The van der Waals surface area contributed by atoms with E-state index in [1.165, 1.54) is 32.1 Å². The summed E-state index contributed by atoms with van der Waals surface area (Å²) in [6.45, 7) is 8.49. The molecule has 39 heavy (non-hydrogen) atoms. The van der Waals surface area contributed by atoms with Gasteiger partial charge in [0.2, 0.25) is 11.8 Å². The van der Waals surface area contributed by atoms with E-state index in [2.05, 4.69) is 48.6 Å². The van der Waals surface area contributed by atoms with Crippen molar-refractivity contribution in [1.82, 2.24) is 14.4 Å². The monoisotopic (exact) mass is 555 g/mol. The fourth-order valence-electron chi connectivity index (χ4n) is 5.71. The number of amides is 2. The van der Waals surface area contributed by atoms with Gasteiger partial charge in [0, 0.05) is 42.5 Å². The van der Waals surface area contributed by atoms with E-state index < -0.39 is 0 Å². The molecular formula is C33H50ClN3O2. The zero-order chi connectivity index (χ0) is 28.0. The van der Waals surface area contributed by atoms with Gasteiger partial charge in [-0.15, -0.1) is 0 Å². The molecule has 6 heteroatoms. The molecule has 1 heterocycles. The van der Waals surface area contributed by atoms with Crippen LogP contribution in [-0.4, -0.2) is 45.3 Å². The molecule has 0 aliphatic heterocycles. The van der Waals surface area contributed by atoms with Crippen LogP contribution in [0.4, 0.5) is 0 Å². The van der Waals surface area contributed by atoms with Crippen LogP contribution in [0.5, 0.6) is 0 Å². The SMILES string of the molecule is CCCCCCCCC(=O)N(CC(=O)N(Cc1cccn1Cc1ccccc1Cl)C1CCCCC1)CC(C)C. The van der Waals surface area contributed by atoms with Crippen LogP contribution in [0.15, 0.2) is 42.6 Å². The minimum Gasteiger partial charge on any atom is -0.345 e. The van der Waals surface area contributed by atoms with Crippen LogP contribution in [0.1, 0.15) is 109 Å². The number of unbranched alkanes of at least 4 members (excludes halogenated alkanes) is 5. The van der Waals surface area contributed by atoms with Crippen LogP contribution in [-0.2, 0) is 22.7 Å². The molecule has 0 spiro atoms. The number of hydrogen-bond acceptors (Lipinski definition) is 2. The van der Waals surface area contributed by atoms with Crippen LogP contribution in [0.2, 0.25) is 5.02 Å². The summed E-state index contributed by atoms with van der Waals surface area (Å²) in [7, 11) is 0. The van der Waals surface area contributed by atoms with E-state index in [-0.39, 0.29) is 24.4 Å².